The molecule has 0 unspecified atom stereocenters. The maximum atomic E-state index is 4.46. The SMILES string of the molecule is Brc1cccc2c(CN3CCNCC3)ccnc12. The van der Waals surface area contributed by atoms with Crippen molar-refractivity contribution in [3.63, 3.8) is 0 Å². The minimum absolute atomic E-state index is 1.01. The van der Waals surface area contributed by atoms with Gasteiger partial charge in [0, 0.05) is 48.8 Å². The fourth-order valence-corrected chi connectivity index (χ4v) is 2.91. The van der Waals surface area contributed by atoms with E-state index in [0.29, 0.717) is 0 Å². The molecule has 3 nitrogen and oxygen atoms in total. The molecule has 0 amide bonds. The van der Waals surface area contributed by atoms with Crippen molar-refractivity contribution in [2.75, 3.05) is 26.2 Å². The lowest BCUT2D eigenvalue weighted by Crippen LogP contribution is -2.42. The number of nitrogens with one attached hydrogen (secondary N) is 1. The van der Waals surface area contributed by atoms with Crippen molar-refractivity contribution in [2.45, 2.75) is 6.54 Å². The number of piperazine rings is 1. The molecule has 18 heavy (non-hydrogen) atoms. The molecular weight excluding hydrogens is 290 g/mol. The Morgan fingerprint density at radius 2 is 2.06 bits per heavy atom. The molecule has 1 saturated heterocycles. The molecule has 1 aromatic carbocycles. The van der Waals surface area contributed by atoms with Gasteiger partial charge in [0.15, 0.2) is 0 Å². The fourth-order valence-electron chi connectivity index (χ4n) is 2.45. The lowest BCUT2D eigenvalue weighted by Gasteiger charge is -2.27. The van der Waals surface area contributed by atoms with Gasteiger partial charge in [-0.1, -0.05) is 12.1 Å². The van der Waals surface area contributed by atoms with Gasteiger partial charge in [0.25, 0.3) is 0 Å². The van der Waals surface area contributed by atoms with Crippen LogP contribution in [-0.4, -0.2) is 36.1 Å². The van der Waals surface area contributed by atoms with Gasteiger partial charge in [-0.15, -0.1) is 0 Å². The Hall–Kier alpha value is -0.970. The third-order valence-electron chi connectivity index (χ3n) is 3.42. The number of hydrogen-bond acceptors (Lipinski definition) is 3. The number of halogens is 1. The molecule has 1 aromatic heterocycles. The molecule has 0 atom stereocenters. The van der Waals surface area contributed by atoms with Gasteiger partial charge in [0.05, 0.1) is 5.52 Å². The molecule has 0 saturated carbocycles. The lowest BCUT2D eigenvalue weighted by atomic mass is 10.1. The molecule has 94 valence electrons. The highest BCUT2D eigenvalue weighted by Crippen LogP contribution is 2.25. The summed E-state index contributed by atoms with van der Waals surface area (Å²) in [6.45, 7) is 5.44. The van der Waals surface area contributed by atoms with Crippen molar-refractivity contribution in [1.82, 2.24) is 15.2 Å². The number of aromatic nitrogens is 1. The van der Waals surface area contributed by atoms with Crippen molar-refractivity contribution < 1.29 is 0 Å². The molecule has 0 bridgehead atoms. The summed E-state index contributed by atoms with van der Waals surface area (Å²) in [4.78, 5) is 6.95. The second-order valence-electron chi connectivity index (χ2n) is 4.63. The number of pyridine rings is 1. The molecule has 2 aromatic rings. The van der Waals surface area contributed by atoms with Gasteiger partial charge >= 0.3 is 0 Å². The lowest BCUT2D eigenvalue weighted by molar-refractivity contribution is 0.234. The summed E-state index contributed by atoms with van der Waals surface area (Å²) >= 11 is 3.57. The normalized spacial score (nSPS) is 17.2. The predicted octanol–water partition coefficient (Wildman–Crippen LogP) is 2.40. The van der Waals surface area contributed by atoms with Crippen LogP contribution in [0.5, 0.6) is 0 Å². The van der Waals surface area contributed by atoms with Crippen LogP contribution in [0, 0.1) is 0 Å². The first-order valence-corrected chi connectivity index (χ1v) is 7.09. The van der Waals surface area contributed by atoms with Crippen LogP contribution >= 0.6 is 15.9 Å². The molecule has 0 radical (unpaired) electrons. The summed E-state index contributed by atoms with van der Waals surface area (Å²) in [5.41, 5.74) is 2.42. The van der Waals surface area contributed by atoms with Crippen LogP contribution in [0.4, 0.5) is 0 Å². The quantitative estimate of drug-likeness (QED) is 0.923. The van der Waals surface area contributed by atoms with Crippen LogP contribution in [0.25, 0.3) is 10.9 Å². The van der Waals surface area contributed by atoms with Crippen molar-refractivity contribution in [3.8, 4) is 0 Å². The zero-order chi connectivity index (χ0) is 12.4. The highest BCUT2D eigenvalue weighted by molar-refractivity contribution is 9.10. The van der Waals surface area contributed by atoms with Crippen molar-refractivity contribution in [1.29, 1.82) is 0 Å². The highest BCUT2D eigenvalue weighted by Gasteiger charge is 2.12. The Bertz CT molecular complexity index is 550. The maximum absolute atomic E-state index is 4.46. The number of rotatable bonds is 2. The van der Waals surface area contributed by atoms with Crippen LogP contribution in [0.1, 0.15) is 5.56 Å². The van der Waals surface area contributed by atoms with E-state index in [4.69, 9.17) is 0 Å². The van der Waals surface area contributed by atoms with E-state index in [-0.39, 0.29) is 0 Å². The summed E-state index contributed by atoms with van der Waals surface area (Å²) in [5.74, 6) is 0. The average molecular weight is 306 g/mol. The maximum Gasteiger partial charge on any atom is 0.0847 e. The van der Waals surface area contributed by atoms with E-state index < -0.39 is 0 Å². The molecule has 1 N–H and O–H groups in total. The van der Waals surface area contributed by atoms with Gasteiger partial charge in [-0.05, 0) is 33.6 Å². The molecule has 3 rings (SSSR count). The predicted molar refractivity (Wildman–Crippen MR) is 77.6 cm³/mol. The fraction of sp³-hybridized carbons (Fsp3) is 0.357. The van der Waals surface area contributed by atoms with Crippen LogP contribution in [0.15, 0.2) is 34.9 Å². The monoisotopic (exact) mass is 305 g/mol. The van der Waals surface area contributed by atoms with Gasteiger partial charge in [0.2, 0.25) is 0 Å². The van der Waals surface area contributed by atoms with E-state index >= 15 is 0 Å². The summed E-state index contributed by atoms with van der Waals surface area (Å²) in [6, 6.07) is 8.42. The largest absolute Gasteiger partial charge is 0.314 e. The van der Waals surface area contributed by atoms with E-state index in [9.17, 15) is 0 Å². The van der Waals surface area contributed by atoms with Gasteiger partial charge in [-0.2, -0.15) is 0 Å². The van der Waals surface area contributed by atoms with E-state index in [2.05, 4.69) is 49.3 Å². The first-order valence-electron chi connectivity index (χ1n) is 6.30. The highest BCUT2D eigenvalue weighted by atomic mass is 79.9. The van der Waals surface area contributed by atoms with E-state index in [0.717, 1.165) is 42.7 Å². The molecule has 2 heterocycles. The van der Waals surface area contributed by atoms with Gasteiger partial charge in [-0.25, -0.2) is 0 Å². The van der Waals surface area contributed by atoms with Gasteiger partial charge in [0.1, 0.15) is 0 Å². The van der Waals surface area contributed by atoms with E-state index in [1.165, 1.54) is 10.9 Å². The Morgan fingerprint density at radius 3 is 2.89 bits per heavy atom. The van der Waals surface area contributed by atoms with Gasteiger partial charge < -0.3 is 5.32 Å². The van der Waals surface area contributed by atoms with Crippen LogP contribution < -0.4 is 5.32 Å². The molecule has 1 aliphatic rings. The van der Waals surface area contributed by atoms with Crippen molar-refractivity contribution in [2.24, 2.45) is 0 Å². The molecule has 0 aliphatic carbocycles. The summed E-state index contributed by atoms with van der Waals surface area (Å²) in [5, 5.41) is 4.64. The van der Waals surface area contributed by atoms with E-state index in [1.54, 1.807) is 0 Å². The average Bonchev–Trinajstić information content (AvgIpc) is 2.41. The zero-order valence-corrected chi connectivity index (χ0v) is 11.8. The molecule has 4 heteroatoms. The number of fused-ring (bicyclic) bond motifs is 1. The Kier molecular flexibility index (Phi) is 3.59. The Morgan fingerprint density at radius 1 is 1.22 bits per heavy atom. The summed E-state index contributed by atoms with van der Waals surface area (Å²) in [7, 11) is 0. The third kappa shape index (κ3) is 2.41. The topological polar surface area (TPSA) is 28.2 Å². The first-order chi connectivity index (χ1) is 8.84. The van der Waals surface area contributed by atoms with Crippen molar-refractivity contribution >= 4 is 26.8 Å². The van der Waals surface area contributed by atoms with Crippen LogP contribution in [0.2, 0.25) is 0 Å². The second kappa shape index (κ2) is 5.34. The first kappa shape index (κ1) is 12.1. The van der Waals surface area contributed by atoms with E-state index in [1.807, 2.05) is 12.3 Å². The van der Waals surface area contributed by atoms with Crippen molar-refractivity contribution in [3.05, 3.63) is 40.5 Å². The standard InChI is InChI=1S/C14H16BrN3/c15-13-3-1-2-12-11(4-5-17-14(12)13)10-18-8-6-16-7-9-18/h1-5,16H,6-10H2. The third-order valence-corrected chi connectivity index (χ3v) is 4.06. The summed E-state index contributed by atoms with van der Waals surface area (Å²) < 4.78 is 1.07. The number of para-hydroxylation sites is 1. The van der Waals surface area contributed by atoms with Crippen LogP contribution in [0.3, 0.4) is 0 Å². The molecule has 0 spiro atoms. The Balaban J connectivity index is 1.93. The number of benzene rings is 1. The minimum atomic E-state index is 1.01. The number of nitrogens with zero attached hydrogens (tertiary/aromatic N) is 2. The Labute approximate surface area is 115 Å². The minimum Gasteiger partial charge on any atom is -0.314 e. The second-order valence-corrected chi connectivity index (χ2v) is 5.49. The number of hydrogen-bond donors (Lipinski definition) is 1. The molecule has 1 fully saturated rings. The van der Waals surface area contributed by atoms with Gasteiger partial charge in [-0.3, -0.25) is 9.88 Å². The molecular formula is C14H16BrN3. The zero-order valence-electron chi connectivity index (χ0n) is 10.2. The summed E-state index contributed by atoms with van der Waals surface area (Å²) in [6.07, 6.45) is 1.91. The molecule has 1 aliphatic heterocycles. The smallest absolute Gasteiger partial charge is 0.0847 e. The van der Waals surface area contributed by atoms with Crippen LogP contribution in [-0.2, 0) is 6.54 Å².